The van der Waals surface area contributed by atoms with Crippen LogP contribution in [0.25, 0.3) is 0 Å². The highest BCUT2D eigenvalue weighted by molar-refractivity contribution is 7.92. The lowest BCUT2D eigenvalue weighted by atomic mass is 9.83. The summed E-state index contributed by atoms with van der Waals surface area (Å²) in [6.45, 7) is 4.21. The van der Waals surface area contributed by atoms with Crippen LogP contribution in [0.15, 0.2) is 42.5 Å². The number of halogens is 1. The quantitative estimate of drug-likeness (QED) is 0.270. The fourth-order valence-electron chi connectivity index (χ4n) is 6.00. The summed E-state index contributed by atoms with van der Waals surface area (Å²) in [5.41, 5.74) is 0.776. The number of nitrogens with zero attached hydrogens (tertiary/aromatic N) is 2. The minimum Gasteiger partial charge on any atom is -0.344 e. The summed E-state index contributed by atoms with van der Waals surface area (Å²) < 4.78 is 41.1. The highest BCUT2D eigenvalue weighted by atomic mass is 32.2. The van der Waals surface area contributed by atoms with Crippen LogP contribution in [0, 0.1) is 11.7 Å². The molecule has 1 saturated heterocycles. The molecule has 2 aromatic carbocycles. The van der Waals surface area contributed by atoms with Gasteiger partial charge < -0.3 is 25.8 Å². The van der Waals surface area contributed by atoms with Crippen molar-refractivity contribution >= 4 is 45.0 Å². The van der Waals surface area contributed by atoms with E-state index in [1.807, 2.05) is 7.05 Å². The molecule has 2 fully saturated rings. The normalized spacial score (nSPS) is 17.3. The maximum atomic E-state index is 15.5. The first-order valence-corrected chi connectivity index (χ1v) is 18.0. The molecule has 4 amide bonds. The van der Waals surface area contributed by atoms with Crippen molar-refractivity contribution in [2.45, 2.75) is 64.0 Å². The van der Waals surface area contributed by atoms with Gasteiger partial charge in [0.1, 0.15) is 17.9 Å². The summed E-state index contributed by atoms with van der Waals surface area (Å²) in [6.07, 6.45) is 5.51. The number of hydrogen-bond donors (Lipinski definition) is 4. The number of rotatable bonds is 12. The number of benzene rings is 2. The summed E-state index contributed by atoms with van der Waals surface area (Å²) >= 11 is 0. The number of carbonyl (C=O) groups excluding carboxylic acids is 4. The van der Waals surface area contributed by atoms with Crippen molar-refractivity contribution < 1.29 is 32.0 Å². The van der Waals surface area contributed by atoms with E-state index in [9.17, 15) is 27.6 Å². The standard InChI is InChI=1S/C33H45FN6O6S/c1-4-29(41)35-28(33(44)40-17-15-39(2)16-18-40)20-22-13-14-27(26(34)19-22)36-32(43)30(23-9-6-5-7-10-23)37-31(42)24-11-8-12-25(21-24)38-47(3,45)46/h8,11-14,19,21,23,28,30,38H,4-7,9-10,15-18,20H2,1-3H3,(H,35,41)(H,36,43)(H,37,42)/t28-,30+/m1/s1. The maximum Gasteiger partial charge on any atom is 0.252 e. The van der Waals surface area contributed by atoms with E-state index in [4.69, 9.17) is 0 Å². The Labute approximate surface area is 275 Å². The highest BCUT2D eigenvalue weighted by Gasteiger charge is 2.32. The molecule has 1 aliphatic carbocycles. The van der Waals surface area contributed by atoms with Gasteiger partial charge in [0, 0.05) is 50.3 Å². The van der Waals surface area contributed by atoms with Crippen LogP contribution in [0.4, 0.5) is 15.8 Å². The van der Waals surface area contributed by atoms with Crippen LogP contribution in [-0.2, 0) is 30.8 Å². The summed E-state index contributed by atoms with van der Waals surface area (Å²) in [4.78, 5) is 56.3. The maximum absolute atomic E-state index is 15.5. The van der Waals surface area contributed by atoms with Gasteiger partial charge in [0.2, 0.25) is 27.7 Å². The van der Waals surface area contributed by atoms with Crippen molar-refractivity contribution in [3.63, 3.8) is 0 Å². The molecule has 1 saturated carbocycles. The molecule has 2 atom stereocenters. The fourth-order valence-corrected chi connectivity index (χ4v) is 6.56. The largest absolute Gasteiger partial charge is 0.344 e. The Kier molecular flexibility index (Phi) is 12.3. The minimum absolute atomic E-state index is 0.0762. The van der Waals surface area contributed by atoms with Crippen LogP contribution in [0.5, 0.6) is 0 Å². The van der Waals surface area contributed by atoms with E-state index >= 15 is 4.39 Å². The van der Waals surface area contributed by atoms with Gasteiger partial charge in [0.25, 0.3) is 5.91 Å². The van der Waals surface area contributed by atoms with Crippen molar-refractivity contribution in [2.24, 2.45) is 5.92 Å². The molecule has 4 rings (SSSR count). The molecular formula is C33H45FN6O6S. The van der Waals surface area contributed by atoms with E-state index in [2.05, 4.69) is 25.6 Å². The zero-order valence-corrected chi connectivity index (χ0v) is 28.0. The Morgan fingerprint density at radius 3 is 2.30 bits per heavy atom. The lowest BCUT2D eigenvalue weighted by Crippen LogP contribution is -2.54. The average Bonchev–Trinajstić information content (AvgIpc) is 3.04. The second-order valence-corrected chi connectivity index (χ2v) is 14.2. The Morgan fingerprint density at radius 1 is 0.957 bits per heavy atom. The van der Waals surface area contributed by atoms with Gasteiger partial charge in [-0.1, -0.05) is 38.3 Å². The summed E-state index contributed by atoms with van der Waals surface area (Å²) in [6, 6.07) is 8.40. The molecule has 0 spiro atoms. The lowest BCUT2D eigenvalue weighted by Gasteiger charge is -2.34. The number of piperazine rings is 1. The summed E-state index contributed by atoms with van der Waals surface area (Å²) in [5, 5.41) is 8.22. The SMILES string of the molecule is CCC(=O)N[C@H](Cc1ccc(NC(=O)[C@@H](NC(=O)c2cccc(NS(C)(=O)=O)c2)C2CCCCC2)c(F)c1)C(=O)N1CCN(C)CC1. The molecule has 0 aromatic heterocycles. The monoisotopic (exact) mass is 672 g/mol. The first-order valence-electron chi connectivity index (χ1n) is 16.1. The van der Waals surface area contributed by atoms with E-state index < -0.39 is 39.7 Å². The van der Waals surface area contributed by atoms with Gasteiger partial charge in [-0.3, -0.25) is 23.9 Å². The zero-order chi connectivity index (χ0) is 34.1. The molecule has 47 heavy (non-hydrogen) atoms. The van der Waals surface area contributed by atoms with Crippen LogP contribution in [0.1, 0.15) is 61.4 Å². The summed E-state index contributed by atoms with van der Waals surface area (Å²) in [5.74, 6) is -2.51. The smallest absolute Gasteiger partial charge is 0.252 e. The zero-order valence-electron chi connectivity index (χ0n) is 27.2. The van der Waals surface area contributed by atoms with Gasteiger partial charge in [0.05, 0.1) is 11.9 Å². The number of likely N-dealkylation sites (N-methyl/N-ethyl adjacent to an activating group) is 1. The lowest BCUT2D eigenvalue weighted by molar-refractivity contribution is -0.137. The van der Waals surface area contributed by atoms with Crippen LogP contribution in [-0.4, -0.2) is 93.4 Å². The third-order valence-electron chi connectivity index (χ3n) is 8.62. The topological polar surface area (TPSA) is 157 Å². The van der Waals surface area contributed by atoms with E-state index in [0.717, 1.165) is 38.6 Å². The first-order chi connectivity index (χ1) is 22.3. The fraction of sp³-hybridized carbons (Fsp3) is 0.515. The molecular weight excluding hydrogens is 627 g/mol. The molecule has 2 aliphatic rings. The van der Waals surface area contributed by atoms with Gasteiger partial charge in [0.15, 0.2) is 0 Å². The van der Waals surface area contributed by atoms with Crippen LogP contribution in [0.2, 0.25) is 0 Å². The van der Waals surface area contributed by atoms with Gasteiger partial charge in [-0.25, -0.2) is 12.8 Å². The molecule has 4 N–H and O–H groups in total. The predicted octanol–water partition coefficient (Wildman–Crippen LogP) is 2.73. The molecule has 12 nitrogen and oxygen atoms in total. The van der Waals surface area contributed by atoms with Crippen LogP contribution >= 0.6 is 0 Å². The molecule has 0 radical (unpaired) electrons. The van der Waals surface area contributed by atoms with E-state index in [0.29, 0.717) is 31.5 Å². The summed E-state index contributed by atoms with van der Waals surface area (Å²) in [7, 11) is -1.58. The van der Waals surface area contributed by atoms with Crippen molar-refractivity contribution in [3.05, 3.63) is 59.4 Å². The molecule has 2 aromatic rings. The molecule has 14 heteroatoms. The first kappa shape index (κ1) is 35.8. The molecule has 1 heterocycles. The third kappa shape index (κ3) is 10.5. The molecule has 0 bridgehead atoms. The number of amides is 4. The molecule has 1 aliphatic heterocycles. The van der Waals surface area contributed by atoms with Crippen LogP contribution in [0.3, 0.4) is 0 Å². The third-order valence-corrected chi connectivity index (χ3v) is 9.23. The Balaban J connectivity index is 1.48. The minimum atomic E-state index is -3.56. The number of nitrogens with one attached hydrogen (secondary N) is 4. The Morgan fingerprint density at radius 2 is 1.66 bits per heavy atom. The molecule has 0 unspecified atom stereocenters. The van der Waals surface area contributed by atoms with Crippen molar-refractivity contribution in [3.8, 4) is 0 Å². The Bertz CT molecular complexity index is 1560. The second kappa shape index (κ2) is 16.2. The van der Waals surface area contributed by atoms with Crippen molar-refractivity contribution in [2.75, 3.05) is 49.5 Å². The van der Waals surface area contributed by atoms with E-state index in [1.165, 1.54) is 36.4 Å². The molecule has 256 valence electrons. The predicted molar refractivity (Wildman–Crippen MR) is 178 cm³/mol. The average molecular weight is 673 g/mol. The van der Waals surface area contributed by atoms with E-state index in [1.54, 1.807) is 17.9 Å². The Hall–Kier alpha value is -4.04. The van der Waals surface area contributed by atoms with Gasteiger partial charge in [-0.15, -0.1) is 0 Å². The van der Waals surface area contributed by atoms with Crippen LogP contribution < -0.4 is 20.7 Å². The van der Waals surface area contributed by atoms with Gasteiger partial charge in [-0.2, -0.15) is 0 Å². The van der Waals surface area contributed by atoms with Gasteiger partial charge >= 0.3 is 0 Å². The number of sulfonamides is 1. The van der Waals surface area contributed by atoms with Crippen molar-refractivity contribution in [1.29, 1.82) is 0 Å². The number of hydrogen-bond acceptors (Lipinski definition) is 7. The van der Waals surface area contributed by atoms with Gasteiger partial charge in [-0.05, 0) is 61.7 Å². The van der Waals surface area contributed by atoms with E-state index in [-0.39, 0.29) is 47.5 Å². The highest BCUT2D eigenvalue weighted by Crippen LogP contribution is 2.28. The number of carbonyl (C=O) groups is 4. The van der Waals surface area contributed by atoms with Crippen molar-refractivity contribution in [1.82, 2.24) is 20.4 Å². The second-order valence-electron chi connectivity index (χ2n) is 12.4. The number of anilines is 2.